The standard InChI is InChI=1S/C18H18O/c1-2-9-17(19)14-18(15-10-5-3-6-11-15)16-12-7-4-8-13-16/h2-13,18H,14H2,1H3. The predicted octanol–water partition coefficient (Wildman–Crippen LogP) is 4.35. The number of ketones is 1. The number of allylic oxidation sites excluding steroid dienone is 2. The van der Waals surface area contributed by atoms with Crippen LogP contribution in [0.1, 0.15) is 30.4 Å². The number of carbonyl (C=O) groups excluding carboxylic acids is 1. The van der Waals surface area contributed by atoms with Crippen LogP contribution in [0.5, 0.6) is 0 Å². The van der Waals surface area contributed by atoms with Crippen molar-refractivity contribution in [3.63, 3.8) is 0 Å². The molecule has 2 aromatic carbocycles. The molecule has 0 amide bonds. The number of carbonyl (C=O) groups is 1. The minimum Gasteiger partial charge on any atom is -0.295 e. The van der Waals surface area contributed by atoms with Crippen LogP contribution in [0.2, 0.25) is 0 Å². The van der Waals surface area contributed by atoms with Crippen LogP contribution in [-0.4, -0.2) is 5.78 Å². The third-order valence-corrected chi connectivity index (χ3v) is 3.16. The molecule has 0 bridgehead atoms. The van der Waals surface area contributed by atoms with Gasteiger partial charge in [0.2, 0.25) is 0 Å². The first kappa shape index (κ1) is 13.3. The Bertz CT molecular complexity index is 501. The topological polar surface area (TPSA) is 17.1 Å². The minimum atomic E-state index is 0.131. The second-order valence-electron chi connectivity index (χ2n) is 4.54. The van der Waals surface area contributed by atoms with Gasteiger partial charge in [-0.25, -0.2) is 0 Å². The highest BCUT2D eigenvalue weighted by molar-refractivity contribution is 5.90. The Morgan fingerprint density at radius 3 is 1.84 bits per heavy atom. The molecular formula is C18H18O. The van der Waals surface area contributed by atoms with Gasteiger partial charge < -0.3 is 0 Å². The zero-order valence-electron chi connectivity index (χ0n) is 11.1. The molecule has 0 heterocycles. The van der Waals surface area contributed by atoms with Crippen molar-refractivity contribution in [1.82, 2.24) is 0 Å². The van der Waals surface area contributed by atoms with E-state index in [-0.39, 0.29) is 11.7 Å². The van der Waals surface area contributed by atoms with Gasteiger partial charge in [-0.15, -0.1) is 0 Å². The SMILES string of the molecule is CC=CC(=O)CC(c1ccccc1)c1ccccc1. The van der Waals surface area contributed by atoms with Gasteiger partial charge in [-0.05, 0) is 24.1 Å². The Kier molecular flexibility index (Phi) is 4.68. The van der Waals surface area contributed by atoms with Crippen LogP contribution in [0.25, 0.3) is 0 Å². The van der Waals surface area contributed by atoms with Gasteiger partial charge in [0.25, 0.3) is 0 Å². The summed E-state index contributed by atoms with van der Waals surface area (Å²) in [6.45, 7) is 1.87. The molecule has 0 N–H and O–H groups in total. The zero-order chi connectivity index (χ0) is 13.5. The average molecular weight is 250 g/mol. The molecule has 0 spiro atoms. The third kappa shape index (κ3) is 3.65. The molecule has 0 fully saturated rings. The Hall–Kier alpha value is -2.15. The molecule has 0 atom stereocenters. The molecule has 1 heteroatoms. The normalized spacial score (nSPS) is 11.1. The van der Waals surface area contributed by atoms with Crippen LogP contribution in [0.3, 0.4) is 0 Å². The summed E-state index contributed by atoms with van der Waals surface area (Å²) in [6, 6.07) is 20.4. The largest absolute Gasteiger partial charge is 0.295 e. The fraction of sp³-hybridized carbons (Fsp3) is 0.167. The van der Waals surface area contributed by atoms with Crippen molar-refractivity contribution in [2.75, 3.05) is 0 Å². The Morgan fingerprint density at radius 1 is 0.947 bits per heavy atom. The zero-order valence-corrected chi connectivity index (χ0v) is 11.1. The Balaban J connectivity index is 2.32. The lowest BCUT2D eigenvalue weighted by atomic mass is 9.87. The van der Waals surface area contributed by atoms with E-state index in [1.54, 1.807) is 12.2 Å². The lowest BCUT2D eigenvalue weighted by Crippen LogP contribution is -2.06. The van der Waals surface area contributed by atoms with E-state index >= 15 is 0 Å². The predicted molar refractivity (Wildman–Crippen MR) is 79.2 cm³/mol. The summed E-state index contributed by atoms with van der Waals surface area (Å²) in [7, 11) is 0. The average Bonchev–Trinajstić information content (AvgIpc) is 2.47. The molecule has 0 saturated carbocycles. The van der Waals surface area contributed by atoms with Gasteiger partial charge in [0.1, 0.15) is 0 Å². The lowest BCUT2D eigenvalue weighted by Gasteiger charge is -2.16. The number of hydrogen-bond donors (Lipinski definition) is 0. The lowest BCUT2D eigenvalue weighted by molar-refractivity contribution is -0.114. The molecule has 96 valence electrons. The van der Waals surface area contributed by atoms with Crippen LogP contribution in [-0.2, 0) is 4.79 Å². The first-order chi connectivity index (χ1) is 9.31. The summed E-state index contributed by atoms with van der Waals surface area (Å²) in [5, 5.41) is 0. The maximum absolute atomic E-state index is 11.9. The summed E-state index contributed by atoms with van der Waals surface area (Å²) in [5.74, 6) is 0.298. The van der Waals surface area contributed by atoms with Gasteiger partial charge in [0, 0.05) is 12.3 Å². The van der Waals surface area contributed by atoms with Gasteiger partial charge in [-0.3, -0.25) is 4.79 Å². The quantitative estimate of drug-likeness (QED) is 0.721. The Morgan fingerprint density at radius 2 is 1.42 bits per heavy atom. The van der Waals surface area contributed by atoms with Crippen LogP contribution < -0.4 is 0 Å². The molecule has 0 saturated heterocycles. The van der Waals surface area contributed by atoms with E-state index < -0.39 is 0 Å². The number of benzene rings is 2. The highest BCUT2D eigenvalue weighted by Gasteiger charge is 2.16. The number of rotatable bonds is 5. The van der Waals surface area contributed by atoms with Crippen molar-refractivity contribution in [1.29, 1.82) is 0 Å². The molecule has 0 unspecified atom stereocenters. The van der Waals surface area contributed by atoms with Crippen molar-refractivity contribution in [2.45, 2.75) is 19.3 Å². The molecular weight excluding hydrogens is 232 g/mol. The molecule has 1 nitrogen and oxygen atoms in total. The van der Waals surface area contributed by atoms with Crippen molar-refractivity contribution < 1.29 is 4.79 Å². The van der Waals surface area contributed by atoms with E-state index in [2.05, 4.69) is 24.3 Å². The van der Waals surface area contributed by atoms with Crippen molar-refractivity contribution in [3.05, 3.63) is 83.9 Å². The second kappa shape index (κ2) is 6.69. The van der Waals surface area contributed by atoms with E-state index in [4.69, 9.17) is 0 Å². The van der Waals surface area contributed by atoms with E-state index in [0.717, 1.165) is 0 Å². The monoisotopic (exact) mass is 250 g/mol. The summed E-state index contributed by atoms with van der Waals surface area (Å²) < 4.78 is 0. The fourth-order valence-electron chi connectivity index (χ4n) is 2.25. The van der Waals surface area contributed by atoms with E-state index in [1.807, 2.05) is 43.3 Å². The first-order valence-electron chi connectivity index (χ1n) is 6.56. The molecule has 2 aromatic rings. The summed E-state index contributed by atoms with van der Waals surface area (Å²) >= 11 is 0. The van der Waals surface area contributed by atoms with Gasteiger partial charge in [-0.1, -0.05) is 66.7 Å². The molecule has 0 aromatic heterocycles. The van der Waals surface area contributed by atoms with Crippen LogP contribution in [0, 0.1) is 0 Å². The molecule has 0 radical (unpaired) electrons. The smallest absolute Gasteiger partial charge is 0.156 e. The summed E-state index contributed by atoms with van der Waals surface area (Å²) in [6.07, 6.45) is 3.96. The van der Waals surface area contributed by atoms with Gasteiger partial charge >= 0.3 is 0 Å². The fourth-order valence-corrected chi connectivity index (χ4v) is 2.25. The van der Waals surface area contributed by atoms with Crippen molar-refractivity contribution in [2.24, 2.45) is 0 Å². The summed E-state index contributed by atoms with van der Waals surface area (Å²) in [4.78, 5) is 11.9. The molecule has 0 aliphatic rings. The van der Waals surface area contributed by atoms with Crippen molar-refractivity contribution in [3.8, 4) is 0 Å². The summed E-state index contributed by atoms with van der Waals surface area (Å²) in [5.41, 5.74) is 2.37. The first-order valence-corrected chi connectivity index (χ1v) is 6.56. The van der Waals surface area contributed by atoms with E-state index in [1.165, 1.54) is 11.1 Å². The highest BCUT2D eigenvalue weighted by atomic mass is 16.1. The maximum atomic E-state index is 11.9. The van der Waals surface area contributed by atoms with E-state index in [9.17, 15) is 4.79 Å². The van der Waals surface area contributed by atoms with Crippen molar-refractivity contribution >= 4 is 5.78 Å². The molecule has 0 aliphatic heterocycles. The van der Waals surface area contributed by atoms with Crippen LogP contribution in [0.15, 0.2) is 72.8 Å². The van der Waals surface area contributed by atoms with Gasteiger partial charge in [0.05, 0.1) is 0 Å². The molecule has 0 aliphatic carbocycles. The number of hydrogen-bond acceptors (Lipinski definition) is 1. The van der Waals surface area contributed by atoms with Gasteiger partial charge in [-0.2, -0.15) is 0 Å². The molecule has 19 heavy (non-hydrogen) atoms. The third-order valence-electron chi connectivity index (χ3n) is 3.16. The maximum Gasteiger partial charge on any atom is 0.156 e. The molecule has 2 rings (SSSR count). The highest BCUT2D eigenvalue weighted by Crippen LogP contribution is 2.28. The van der Waals surface area contributed by atoms with E-state index in [0.29, 0.717) is 6.42 Å². The van der Waals surface area contributed by atoms with Gasteiger partial charge in [0.15, 0.2) is 5.78 Å². The Labute approximate surface area is 114 Å². The second-order valence-corrected chi connectivity index (χ2v) is 4.54. The van der Waals surface area contributed by atoms with Crippen LogP contribution in [0.4, 0.5) is 0 Å². The minimum absolute atomic E-state index is 0.131. The van der Waals surface area contributed by atoms with Crippen LogP contribution >= 0.6 is 0 Å².